The van der Waals surface area contributed by atoms with Gasteiger partial charge in [0.1, 0.15) is 10.6 Å². The Balaban J connectivity index is 1.32. The number of benzene rings is 1. The minimum absolute atomic E-state index is 0.0706. The number of aromatic nitrogens is 2. The Kier molecular flexibility index (Phi) is 6.55. The van der Waals surface area contributed by atoms with E-state index in [2.05, 4.69) is 32.8 Å². The second kappa shape index (κ2) is 9.72. The standard InChI is InChI=1S/C24H25FN4O2S2/c1-16-19-13-22(33-24(19)29(27-16)15-17-4-6-18(25)7-5-17)23(30)26-14-20(21-3-2-12-32-21)28-8-10-31-11-9-28/h2-7,12-13,20H,8-11,14-15H2,1H3,(H,26,30). The van der Waals surface area contributed by atoms with Crippen LogP contribution in [0.4, 0.5) is 4.39 Å². The molecule has 1 aliphatic heterocycles. The molecule has 1 saturated heterocycles. The summed E-state index contributed by atoms with van der Waals surface area (Å²) in [4.78, 5) is 18.3. The Labute approximate surface area is 199 Å². The summed E-state index contributed by atoms with van der Waals surface area (Å²) in [6.45, 7) is 6.19. The molecule has 172 valence electrons. The van der Waals surface area contributed by atoms with E-state index in [1.807, 2.05) is 17.7 Å². The second-order valence-corrected chi connectivity index (χ2v) is 10.1. The molecule has 0 bridgehead atoms. The van der Waals surface area contributed by atoms with Gasteiger partial charge in [0.2, 0.25) is 0 Å². The van der Waals surface area contributed by atoms with Gasteiger partial charge in [-0.3, -0.25) is 14.4 Å². The molecule has 1 fully saturated rings. The van der Waals surface area contributed by atoms with E-state index < -0.39 is 0 Å². The van der Waals surface area contributed by atoms with E-state index in [1.165, 1.54) is 28.3 Å². The van der Waals surface area contributed by atoms with Crippen LogP contribution in [0, 0.1) is 12.7 Å². The van der Waals surface area contributed by atoms with Crippen LogP contribution in [-0.4, -0.2) is 53.4 Å². The van der Waals surface area contributed by atoms with Crippen LogP contribution in [0.15, 0.2) is 47.8 Å². The number of amides is 1. The van der Waals surface area contributed by atoms with Crippen LogP contribution in [-0.2, 0) is 11.3 Å². The van der Waals surface area contributed by atoms with Crippen molar-refractivity contribution in [1.82, 2.24) is 20.0 Å². The summed E-state index contributed by atoms with van der Waals surface area (Å²) in [6.07, 6.45) is 0. The largest absolute Gasteiger partial charge is 0.379 e. The molecule has 0 saturated carbocycles. The highest BCUT2D eigenvalue weighted by Gasteiger charge is 2.25. The van der Waals surface area contributed by atoms with E-state index in [0.717, 1.165) is 47.8 Å². The van der Waals surface area contributed by atoms with Gasteiger partial charge in [-0.05, 0) is 42.1 Å². The lowest BCUT2D eigenvalue weighted by molar-refractivity contribution is 0.0169. The third-order valence-corrected chi connectivity index (χ3v) is 8.01. The van der Waals surface area contributed by atoms with Gasteiger partial charge in [-0.1, -0.05) is 18.2 Å². The van der Waals surface area contributed by atoms with Gasteiger partial charge in [-0.15, -0.1) is 22.7 Å². The predicted octanol–water partition coefficient (Wildman–Crippen LogP) is 4.46. The molecular weight excluding hydrogens is 459 g/mol. The van der Waals surface area contributed by atoms with Gasteiger partial charge in [-0.2, -0.15) is 5.10 Å². The first-order valence-corrected chi connectivity index (χ1v) is 12.6. The second-order valence-electron chi connectivity index (χ2n) is 8.09. The zero-order valence-electron chi connectivity index (χ0n) is 18.3. The van der Waals surface area contributed by atoms with Crippen molar-refractivity contribution < 1.29 is 13.9 Å². The number of hydrogen-bond donors (Lipinski definition) is 1. The number of thiophene rings is 2. The minimum Gasteiger partial charge on any atom is -0.379 e. The maximum absolute atomic E-state index is 13.2. The van der Waals surface area contributed by atoms with Crippen molar-refractivity contribution >= 4 is 38.8 Å². The van der Waals surface area contributed by atoms with Gasteiger partial charge in [0, 0.05) is 29.9 Å². The SMILES string of the molecule is Cc1nn(Cc2ccc(F)cc2)c2sc(C(=O)NCC(c3cccs3)N3CCOCC3)cc12. The number of nitrogens with one attached hydrogen (secondary N) is 1. The summed E-state index contributed by atoms with van der Waals surface area (Å²) in [5.41, 5.74) is 1.84. The summed E-state index contributed by atoms with van der Waals surface area (Å²) >= 11 is 3.16. The number of rotatable bonds is 7. The van der Waals surface area contributed by atoms with Crippen LogP contribution in [0.25, 0.3) is 10.2 Å². The monoisotopic (exact) mass is 484 g/mol. The van der Waals surface area contributed by atoms with E-state index in [1.54, 1.807) is 23.5 Å². The Morgan fingerprint density at radius 1 is 1.24 bits per heavy atom. The van der Waals surface area contributed by atoms with E-state index >= 15 is 0 Å². The lowest BCUT2D eigenvalue weighted by Gasteiger charge is -2.34. The van der Waals surface area contributed by atoms with Gasteiger partial charge in [0.15, 0.2) is 0 Å². The molecule has 4 heterocycles. The first-order valence-electron chi connectivity index (χ1n) is 10.9. The van der Waals surface area contributed by atoms with Gasteiger partial charge >= 0.3 is 0 Å². The number of carbonyl (C=O) groups is 1. The van der Waals surface area contributed by atoms with E-state index in [9.17, 15) is 9.18 Å². The van der Waals surface area contributed by atoms with Crippen molar-refractivity contribution in [2.75, 3.05) is 32.8 Å². The van der Waals surface area contributed by atoms with Gasteiger partial charge < -0.3 is 10.1 Å². The van der Waals surface area contributed by atoms with Gasteiger partial charge in [0.05, 0.1) is 36.4 Å². The predicted molar refractivity (Wildman–Crippen MR) is 130 cm³/mol. The molecule has 6 nitrogen and oxygen atoms in total. The number of hydrogen-bond acceptors (Lipinski definition) is 6. The highest BCUT2D eigenvalue weighted by atomic mass is 32.1. The molecule has 4 aromatic rings. The molecule has 1 aromatic carbocycles. The molecule has 1 N–H and O–H groups in total. The normalized spacial score (nSPS) is 15.7. The third kappa shape index (κ3) is 4.86. The maximum Gasteiger partial charge on any atom is 0.261 e. The van der Waals surface area contributed by atoms with Crippen molar-refractivity contribution in [3.8, 4) is 0 Å². The minimum atomic E-state index is -0.256. The zero-order valence-corrected chi connectivity index (χ0v) is 19.9. The number of fused-ring (bicyclic) bond motifs is 1. The molecule has 3 aromatic heterocycles. The van der Waals surface area contributed by atoms with Gasteiger partial charge in [0.25, 0.3) is 5.91 Å². The number of halogens is 1. The molecule has 1 unspecified atom stereocenters. The fourth-order valence-corrected chi connectivity index (χ4v) is 6.09. The smallest absolute Gasteiger partial charge is 0.261 e. The van der Waals surface area contributed by atoms with Crippen molar-refractivity contribution in [3.05, 3.63) is 74.7 Å². The molecule has 0 radical (unpaired) electrons. The lowest BCUT2D eigenvalue weighted by Crippen LogP contribution is -2.43. The molecule has 33 heavy (non-hydrogen) atoms. The molecule has 9 heteroatoms. The van der Waals surface area contributed by atoms with E-state index in [-0.39, 0.29) is 17.8 Å². The average molecular weight is 485 g/mol. The molecule has 1 aliphatic rings. The first-order chi connectivity index (χ1) is 16.1. The highest BCUT2D eigenvalue weighted by molar-refractivity contribution is 7.20. The Morgan fingerprint density at radius 3 is 2.76 bits per heavy atom. The number of carbonyl (C=O) groups excluding carboxylic acids is 1. The number of morpholine rings is 1. The van der Waals surface area contributed by atoms with Crippen LogP contribution in [0.1, 0.15) is 31.8 Å². The first kappa shape index (κ1) is 22.2. The summed E-state index contributed by atoms with van der Waals surface area (Å²) in [5, 5.41) is 10.8. The van der Waals surface area contributed by atoms with E-state index in [4.69, 9.17) is 4.74 Å². The topological polar surface area (TPSA) is 59.4 Å². The summed E-state index contributed by atoms with van der Waals surface area (Å²) in [6, 6.07) is 12.7. The fourth-order valence-electron chi connectivity index (χ4n) is 4.15. The quantitative estimate of drug-likeness (QED) is 0.421. The summed E-state index contributed by atoms with van der Waals surface area (Å²) < 4.78 is 20.6. The van der Waals surface area contributed by atoms with Crippen LogP contribution in [0.3, 0.4) is 0 Å². The Hall–Kier alpha value is -2.59. The molecule has 0 spiro atoms. The van der Waals surface area contributed by atoms with Crippen LogP contribution in [0.2, 0.25) is 0 Å². The van der Waals surface area contributed by atoms with Crippen molar-refractivity contribution in [2.45, 2.75) is 19.5 Å². The van der Waals surface area contributed by atoms with Crippen LogP contribution >= 0.6 is 22.7 Å². The molecule has 1 atom stereocenters. The summed E-state index contributed by atoms with van der Waals surface area (Å²) in [5.74, 6) is -0.327. The number of ether oxygens (including phenoxy) is 1. The Bertz CT molecular complexity index is 1230. The van der Waals surface area contributed by atoms with Gasteiger partial charge in [-0.25, -0.2) is 4.39 Å². The van der Waals surface area contributed by atoms with E-state index in [0.29, 0.717) is 18.0 Å². The molecular formula is C24H25FN4O2S2. The molecule has 0 aliphatic carbocycles. The maximum atomic E-state index is 13.2. The molecule has 5 rings (SSSR count). The highest BCUT2D eigenvalue weighted by Crippen LogP contribution is 2.30. The van der Waals surface area contributed by atoms with Crippen molar-refractivity contribution in [2.24, 2.45) is 0 Å². The lowest BCUT2D eigenvalue weighted by atomic mass is 10.2. The molecule has 1 amide bonds. The van der Waals surface area contributed by atoms with Crippen LogP contribution in [0.5, 0.6) is 0 Å². The fraction of sp³-hybridized carbons (Fsp3) is 0.333. The third-order valence-electron chi connectivity index (χ3n) is 5.89. The summed E-state index contributed by atoms with van der Waals surface area (Å²) in [7, 11) is 0. The number of nitrogens with zero attached hydrogens (tertiary/aromatic N) is 3. The zero-order chi connectivity index (χ0) is 22.8. The van der Waals surface area contributed by atoms with Crippen molar-refractivity contribution in [3.63, 3.8) is 0 Å². The Morgan fingerprint density at radius 2 is 2.03 bits per heavy atom. The number of aryl methyl sites for hydroxylation is 1. The van der Waals surface area contributed by atoms with Crippen LogP contribution < -0.4 is 5.32 Å². The van der Waals surface area contributed by atoms with Crippen molar-refractivity contribution in [1.29, 1.82) is 0 Å². The average Bonchev–Trinajstić information content (AvgIpc) is 3.56.